The number of amides is 1. The lowest BCUT2D eigenvalue weighted by atomic mass is 9.86. The predicted molar refractivity (Wildman–Crippen MR) is 253 cm³/mol. The van der Waals surface area contributed by atoms with E-state index in [-0.39, 0.29) is 61.8 Å². The number of pyridine rings is 1. The van der Waals surface area contributed by atoms with E-state index < -0.39 is 17.7 Å². The number of likely N-dealkylation sites (tertiary alicyclic amines) is 1. The van der Waals surface area contributed by atoms with Crippen LogP contribution in [0.1, 0.15) is 62.0 Å². The van der Waals surface area contributed by atoms with E-state index in [0.29, 0.717) is 34.2 Å². The molecule has 1 amide bonds. The molecule has 0 radical (unpaired) electrons. The smallest absolute Gasteiger partial charge is 0.347 e. The van der Waals surface area contributed by atoms with E-state index in [4.69, 9.17) is 4.74 Å². The van der Waals surface area contributed by atoms with Gasteiger partial charge < -0.3 is 35.7 Å². The number of ether oxygens (including phenoxy) is 1. The first kappa shape index (κ1) is 45.9. The van der Waals surface area contributed by atoms with Gasteiger partial charge in [0.1, 0.15) is 10.8 Å². The quantitative estimate of drug-likeness (QED) is 0.0559. The van der Waals surface area contributed by atoms with E-state index >= 15 is 0 Å². The van der Waals surface area contributed by atoms with Crippen molar-refractivity contribution in [3.8, 4) is 16.3 Å². The van der Waals surface area contributed by atoms with Crippen LogP contribution in [0, 0.1) is 5.92 Å². The van der Waals surface area contributed by atoms with Crippen molar-refractivity contribution in [1.29, 1.82) is 0 Å². The van der Waals surface area contributed by atoms with Gasteiger partial charge in [-0.2, -0.15) is 13.5 Å². The van der Waals surface area contributed by atoms with E-state index in [2.05, 4.69) is 49.8 Å². The second-order valence-electron chi connectivity index (χ2n) is 15.9. The van der Waals surface area contributed by atoms with Gasteiger partial charge in [0, 0.05) is 53.3 Å². The van der Waals surface area contributed by atoms with Crippen LogP contribution in [0.2, 0.25) is 0 Å². The monoisotopic (exact) mass is 897 g/mol. The number of thiazole rings is 1. The number of carbonyl (C=O) groups is 2. The number of rotatable bonds is 16. The highest BCUT2D eigenvalue weighted by atomic mass is 32.1. The minimum atomic E-state index is -2.00. The van der Waals surface area contributed by atoms with E-state index in [1.54, 1.807) is 66.9 Å². The molecule has 6 N–H and O–H groups in total. The molecule has 330 valence electrons. The lowest BCUT2D eigenvalue weighted by Crippen LogP contribution is -2.40. The molecular formula is C50H51N5O7S2. The number of piperidine rings is 1. The van der Waals surface area contributed by atoms with Gasteiger partial charge in [0.2, 0.25) is 11.2 Å². The number of phenolic OH excluding ortho intramolecular Hbond substituents is 1. The maximum Gasteiger partial charge on any atom is 0.347 e. The molecule has 7 aromatic rings. The first-order valence-corrected chi connectivity index (χ1v) is 21.8. The van der Waals surface area contributed by atoms with E-state index in [0.717, 1.165) is 53.5 Å². The number of nitrogens with one attached hydrogen (secondary N) is 3. The van der Waals surface area contributed by atoms with Gasteiger partial charge in [-0.3, -0.25) is 14.5 Å². The van der Waals surface area contributed by atoms with Crippen LogP contribution < -0.4 is 16.2 Å². The summed E-state index contributed by atoms with van der Waals surface area (Å²) in [4.78, 5) is 49.1. The minimum absolute atomic E-state index is 0. The molecule has 1 aliphatic rings. The third-order valence-electron chi connectivity index (χ3n) is 11.6. The summed E-state index contributed by atoms with van der Waals surface area (Å²) in [6.07, 6.45) is 2.66. The zero-order chi connectivity index (χ0) is 43.8. The van der Waals surface area contributed by atoms with Crippen LogP contribution in [0.3, 0.4) is 0 Å². The summed E-state index contributed by atoms with van der Waals surface area (Å²) in [6.45, 7) is 3.94. The first-order chi connectivity index (χ1) is 30.6. The highest BCUT2D eigenvalue weighted by molar-refractivity contribution is 7.59. The zero-order valence-electron chi connectivity index (χ0n) is 35.1. The maximum atomic E-state index is 13.8. The van der Waals surface area contributed by atoms with Gasteiger partial charge in [0.05, 0.1) is 24.8 Å². The Morgan fingerprint density at radius 2 is 1.53 bits per heavy atom. The minimum Gasteiger partial charge on any atom is -0.506 e. The Morgan fingerprint density at radius 1 is 0.844 bits per heavy atom. The number of aliphatic hydroxyl groups excluding tert-OH is 1. The Bertz CT molecular complexity index is 2710. The Kier molecular flexibility index (Phi) is 15.1. The number of phenols is 1. The lowest BCUT2D eigenvalue weighted by molar-refractivity contribution is -0.164. The molecule has 0 aliphatic carbocycles. The van der Waals surface area contributed by atoms with Crippen LogP contribution in [0.15, 0.2) is 144 Å². The Balaban J connectivity index is 0.00000612. The lowest BCUT2D eigenvalue weighted by Gasteiger charge is -2.33. The first-order valence-electron chi connectivity index (χ1n) is 21.0. The van der Waals surface area contributed by atoms with Crippen LogP contribution in [-0.4, -0.2) is 68.3 Å². The van der Waals surface area contributed by atoms with Gasteiger partial charge >= 0.3 is 5.97 Å². The topological polar surface area (TPSA) is 177 Å². The molecule has 2 atom stereocenters. The molecule has 2 aromatic heterocycles. The molecule has 8 rings (SSSR count). The molecule has 5 aromatic carbocycles. The van der Waals surface area contributed by atoms with Crippen molar-refractivity contribution in [3.63, 3.8) is 0 Å². The number of H-pyrrole nitrogens is 1. The molecule has 3 heterocycles. The Labute approximate surface area is 382 Å². The number of aromatic amines is 1. The molecule has 1 fully saturated rings. The summed E-state index contributed by atoms with van der Waals surface area (Å²) in [7, 11) is 0. The third kappa shape index (κ3) is 10.8. The number of esters is 1. The molecule has 0 saturated carbocycles. The number of hydrogen-bond donors (Lipinski definition) is 6. The van der Waals surface area contributed by atoms with Crippen LogP contribution in [0.25, 0.3) is 21.5 Å². The molecule has 0 unspecified atom stereocenters. The van der Waals surface area contributed by atoms with Crippen molar-refractivity contribution in [2.45, 2.75) is 44.2 Å². The average Bonchev–Trinajstić information content (AvgIpc) is 3.80. The van der Waals surface area contributed by atoms with Gasteiger partial charge in [0.25, 0.3) is 5.91 Å². The molecule has 12 nitrogen and oxygen atoms in total. The normalized spacial score (nSPS) is 14.6. The van der Waals surface area contributed by atoms with E-state index in [1.165, 1.54) is 29.0 Å². The molecular weight excluding hydrogens is 847 g/mol. The van der Waals surface area contributed by atoms with Crippen LogP contribution in [-0.2, 0) is 34.8 Å². The number of nitrogens with zero attached hydrogens (tertiary/aromatic N) is 2. The average molecular weight is 898 g/mol. The number of carbonyl (C=O) groups excluding carboxylic acids is 2. The second kappa shape index (κ2) is 21.0. The van der Waals surface area contributed by atoms with Crippen molar-refractivity contribution in [2.24, 2.45) is 5.92 Å². The van der Waals surface area contributed by atoms with Crippen LogP contribution >= 0.6 is 24.8 Å². The summed E-state index contributed by atoms with van der Waals surface area (Å²) in [5, 5.41) is 40.6. The summed E-state index contributed by atoms with van der Waals surface area (Å²) < 4.78 is 5.89. The van der Waals surface area contributed by atoms with Gasteiger partial charge in [-0.15, -0.1) is 11.3 Å². The fraction of sp³-hybridized carbons (Fsp3) is 0.240. The van der Waals surface area contributed by atoms with Crippen molar-refractivity contribution in [2.75, 3.05) is 26.2 Å². The fourth-order valence-corrected chi connectivity index (χ4v) is 8.82. The second-order valence-corrected chi connectivity index (χ2v) is 17.0. The molecule has 1 aliphatic heterocycles. The van der Waals surface area contributed by atoms with Gasteiger partial charge in [-0.1, -0.05) is 103 Å². The van der Waals surface area contributed by atoms with Crippen molar-refractivity contribution >= 4 is 47.6 Å². The summed E-state index contributed by atoms with van der Waals surface area (Å²) in [5.74, 6) is -0.792. The number of benzene rings is 5. The molecule has 0 spiro atoms. The number of aliphatic hydroxyl groups is 2. The fourth-order valence-electron chi connectivity index (χ4n) is 7.97. The number of fused-ring (bicyclic) bond motifs is 1. The largest absolute Gasteiger partial charge is 0.506 e. The zero-order valence-corrected chi connectivity index (χ0v) is 36.9. The van der Waals surface area contributed by atoms with Crippen molar-refractivity contribution in [3.05, 3.63) is 188 Å². The molecule has 0 bridgehead atoms. The van der Waals surface area contributed by atoms with Gasteiger partial charge in [-0.25, -0.2) is 9.78 Å². The highest BCUT2D eigenvalue weighted by Crippen LogP contribution is 2.35. The van der Waals surface area contributed by atoms with Gasteiger partial charge in [0.15, 0.2) is 0 Å². The molecule has 64 heavy (non-hydrogen) atoms. The number of aromatic nitrogens is 2. The van der Waals surface area contributed by atoms with Crippen LogP contribution in [0.4, 0.5) is 0 Å². The summed E-state index contributed by atoms with van der Waals surface area (Å²) in [5.41, 5.74) is 2.83. The van der Waals surface area contributed by atoms with E-state index in [9.17, 15) is 29.7 Å². The third-order valence-corrected chi connectivity index (χ3v) is 12.6. The maximum absolute atomic E-state index is 13.8. The molecule has 1 saturated heterocycles. The van der Waals surface area contributed by atoms with E-state index in [1.807, 2.05) is 36.4 Å². The SMILES string of the molecule is O=C(NCc1cnc(-c2ccc([C@](O)(C(=O)OCC3CCN(Cc4ccccc4)CC3)c3ccccc3)cc2)s1)c1ccc(CNC[C@H](O)c2ccc(O)c3[nH]c(=O)ccc23)cc1.S. The summed E-state index contributed by atoms with van der Waals surface area (Å²) >= 11 is 1.44. The Hall–Kier alpha value is -6.13. The number of aromatic hydroxyl groups is 1. The standard InChI is InChI=1S/C50H49N5O7S.H2S/c56-43-21-19-41(42-20-22-45(58)54-46(42)43)44(57)30-51-27-33-11-13-36(14-12-33)47(59)52-28-40-29-53-48(63-40)37-15-17-39(18-16-37)50(61,38-9-5-2-6-10-38)49(60)62-32-35-23-25-55(26-24-35)31-34-7-3-1-4-8-34;/h1-22,29,35,44,51,56-57,61H,23-28,30-32H2,(H,52,59)(H,54,58);1H2/t44-,50-;/m0./s1. The predicted octanol–water partition coefficient (Wildman–Crippen LogP) is 6.91. The molecule has 14 heteroatoms. The summed E-state index contributed by atoms with van der Waals surface area (Å²) in [6, 6.07) is 39.6. The van der Waals surface area contributed by atoms with Crippen molar-refractivity contribution < 1.29 is 29.6 Å². The van der Waals surface area contributed by atoms with Crippen molar-refractivity contribution in [1.82, 2.24) is 25.5 Å². The van der Waals surface area contributed by atoms with Crippen LogP contribution in [0.5, 0.6) is 5.75 Å². The Morgan fingerprint density at radius 3 is 2.25 bits per heavy atom. The van der Waals surface area contributed by atoms with Gasteiger partial charge in [-0.05, 0) is 83.9 Å². The number of hydrogen-bond acceptors (Lipinski definition) is 11. The highest BCUT2D eigenvalue weighted by Gasteiger charge is 2.42.